The second-order valence-corrected chi connectivity index (χ2v) is 5.42. The van der Waals surface area contributed by atoms with Crippen LogP contribution in [0.1, 0.15) is 19.8 Å². The van der Waals surface area contributed by atoms with E-state index in [4.69, 9.17) is 0 Å². The van der Waals surface area contributed by atoms with E-state index < -0.39 is 0 Å². The van der Waals surface area contributed by atoms with Gasteiger partial charge in [-0.1, -0.05) is 37.3 Å². The molecule has 0 unspecified atom stereocenters. The monoisotopic (exact) mass is 255 g/mol. The molecule has 3 heteroatoms. The van der Waals surface area contributed by atoms with Gasteiger partial charge in [0.1, 0.15) is 5.69 Å². The van der Waals surface area contributed by atoms with Crippen LogP contribution in [0.3, 0.4) is 0 Å². The SMILES string of the molecule is CC1CCN(c2c(-c3ccccc3)c(=O)c2=O)CC1. The lowest BCUT2D eigenvalue weighted by Gasteiger charge is -2.33. The van der Waals surface area contributed by atoms with Crippen LogP contribution in [-0.2, 0) is 0 Å². The van der Waals surface area contributed by atoms with E-state index in [-0.39, 0.29) is 10.9 Å². The number of hydrogen-bond acceptors (Lipinski definition) is 3. The molecule has 98 valence electrons. The molecule has 0 N–H and O–H groups in total. The molecule has 0 aromatic heterocycles. The third-order valence-corrected chi connectivity index (χ3v) is 4.05. The van der Waals surface area contributed by atoms with Gasteiger partial charge in [0.2, 0.25) is 10.9 Å². The van der Waals surface area contributed by atoms with Crippen LogP contribution >= 0.6 is 0 Å². The molecule has 19 heavy (non-hydrogen) atoms. The maximum absolute atomic E-state index is 11.9. The van der Waals surface area contributed by atoms with Crippen LogP contribution in [0.25, 0.3) is 11.1 Å². The minimum Gasteiger partial charge on any atom is -0.368 e. The first-order valence-corrected chi connectivity index (χ1v) is 6.82. The van der Waals surface area contributed by atoms with E-state index in [9.17, 15) is 9.59 Å². The summed E-state index contributed by atoms with van der Waals surface area (Å²) in [6.45, 7) is 4.00. The van der Waals surface area contributed by atoms with Crippen molar-refractivity contribution in [3.05, 3.63) is 50.8 Å². The van der Waals surface area contributed by atoms with Crippen LogP contribution in [0.15, 0.2) is 39.9 Å². The second kappa shape index (κ2) is 4.65. The van der Waals surface area contributed by atoms with Gasteiger partial charge in [0.25, 0.3) is 0 Å². The Kier molecular flexibility index (Phi) is 2.97. The molecule has 1 fully saturated rings. The second-order valence-electron chi connectivity index (χ2n) is 5.42. The van der Waals surface area contributed by atoms with Crippen molar-refractivity contribution in [2.45, 2.75) is 19.8 Å². The number of piperidine rings is 1. The van der Waals surface area contributed by atoms with E-state index in [1.807, 2.05) is 30.3 Å². The summed E-state index contributed by atoms with van der Waals surface area (Å²) in [7, 11) is 0. The summed E-state index contributed by atoms with van der Waals surface area (Å²) in [6, 6.07) is 9.50. The van der Waals surface area contributed by atoms with Crippen LogP contribution in [0.2, 0.25) is 0 Å². The zero-order valence-corrected chi connectivity index (χ0v) is 11.1. The highest BCUT2D eigenvalue weighted by atomic mass is 16.2. The molecule has 1 heterocycles. The zero-order valence-electron chi connectivity index (χ0n) is 11.1. The third-order valence-electron chi connectivity index (χ3n) is 4.05. The standard InChI is InChI=1S/C16H17NO2/c1-11-7-9-17(10-8-11)14-13(15(18)16(14)19)12-5-3-2-4-6-12/h2-6,11H,7-10H2,1H3. The van der Waals surface area contributed by atoms with Gasteiger partial charge in [0.15, 0.2) is 0 Å². The van der Waals surface area contributed by atoms with Gasteiger partial charge in [-0.15, -0.1) is 0 Å². The maximum Gasteiger partial charge on any atom is 0.250 e. The molecular weight excluding hydrogens is 238 g/mol. The van der Waals surface area contributed by atoms with E-state index in [1.165, 1.54) is 0 Å². The smallest absolute Gasteiger partial charge is 0.250 e. The Bertz CT molecular complexity index is 645. The molecular formula is C16H17NO2. The summed E-state index contributed by atoms with van der Waals surface area (Å²) in [4.78, 5) is 25.8. The highest BCUT2D eigenvalue weighted by Gasteiger charge is 2.28. The van der Waals surface area contributed by atoms with E-state index >= 15 is 0 Å². The summed E-state index contributed by atoms with van der Waals surface area (Å²) in [5.74, 6) is 0.711. The predicted octanol–water partition coefficient (Wildman–Crippen LogP) is 2.19. The number of anilines is 1. The Labute approximate surface area is 112 Å². The van der Waals surface area contributed by atoms with Crippen molar-refractivity contribution < 1.29 is 0 Å². The van der Waals surface area contributed by atoms with E-state index in [0.717, 1.165) is 31.5 Å². The van der Waals surface area contributed by atoms with E-state index in [1.54, 1.807) is 0 Å². The number of benzene rings is 1. The lowest BCUT2D eigenvalue weighted by atomic mass is 9.94. The lowest BCUT2D eigenvalue weighted by molar-refractivity contribution is 0.437. The van der Waals surface area contributed by atoms with E-state index in [2.05, 4.69) is 11.8 Å². The number of nitrogens with zero attached hydrogens (tertiary/aromatic N) is 1. The molecule has 0 saturated carbocycles. The summed E-state index contributed by atoms with van der Waals surface area (Å²) in [5.41, 5.74) is 1.47. The minimum absolute atomic E-state index is 0.312. The summed E-state index contributed by atoms with van der Waals surface area (Å²) < 4.78 is 0. The van der Waals surface area contributed by atoms with Crippen molar-refractivity contribution in [3.8, 4) is 11.1 Å². The van der Waals surface area contributed by atoms with Gasteiger partial charge in [-0.05, 0) is 24.3 Å². The van der Waals surface area contributed by atoms with Crippen LogP contribution in [-0.4, -0.2) is 13.1 Å². The Balaban J connectivity index is 1.98. The summed E-state index contributed by atoms with van der Waals surface area (Å²) >= 11 is 0. The van der Waals surface area contributed by atoms with Gasteiger partial charge in [0.05, 0.1) is 5.56 Å². The first-order chi connectivity index (χ1) is 9.18. The Morgan fingerprint density at radius 1 is 1.00 bits per heavy atom. The fourth-order valence-corrected chi connectivity index (χ4v) is 2.79. The van der Waals surface area contributed by atoms with Gasteiger partial charge in [0, 0.05) is 13.1 Å². The van der Waals surface area contributed by atoms with Crippen LogP contribution < -0.4 is 15.8 Å². The molecule has 2 aromatic carbocycles. The first kappa shape index (κ1) is 12.2. The molecule has 0 atom stereocenters. The van der Waals surface area contributed by atoms with Crippen molar-refractivity contribution in [2.75, 3.05) is 18.0 Å². The van der Waals surface area contributed by atoms with Crippen LogP contribution in [0.4, 0.5) is 5.69 Å². The summed E-state index contributed by atoms with van der Waals surface area (Å²) in [5, 5.41) is 0. The molecule has 0 amide bonds. The number of rotatable bonds is 2. The fourth-order valence-electron chi connectivity index (χ4n) is 2.79. The van der Waals surface area contributed by atoms with Crippen LogP contribution in [0.5, 0.6) is 0 Å². The van der Waals surface area contributed by atoms with Crippen molar-refractivity contribution >= 4 is 5.69 Å². The van der Waals surface area contributed by atoms with Gasteiger partial charge in [-0.2, -0.15) is 0 Å². The van der Waals surface area contributed by atoms with Crippen molar-refractivity contribution in [1.29, 1.82) is 0 Å². The van der Waals surface area contributed by atoms with Gasteiger partial charge in [-0.25, -0.2) is 0 Å². The molecule has 1 aliphatic heterocycles. The van der Waals surface area contributed by atoms with Gasteiger partial charge >= 0.3 is 0 Å². The molecule has 0 radical (unpaired) electrons. The average Bonchev–Trinajstić information content (AvgIpc) is 2.46. The van der Waals surface area contributed by atoms with Crippen molar-refractivity contribution in [1.82, 2.24) is 0 Å². The van der Waals surface area contributed by atoms with Gasteiger partial charge in [-0.3, -0.25) is 9.59 Å². The molecule has 3 rings (SSSR count). The molecule has 2 aromatic rings. The summed E-state index contributed by atoms with van der Waals surface area (Å²) in [6.07, 6.45) is 2.18. The Morgan fingerprint density at radius 3 is 2.26 bits per heavy atom. The predicted molar refractivity (Wildman–Crippen MR) is 77.4 cm³/mol. The number of hydrogen-bond donors (Lipinski definition) is 0. The normalized spacial score (nSPS) is 17.0. The average molecular weight is 255 g/mol. The highest BCUT2D eigenvalue weighted by molar-refractivity contribution is 5.82. The van der Waals surface area contributed by atoms with Crippen molar-refractivity contribution in [2.24, 2.45) is 5.92 Å². The molecule has 0 bridgehead atoms. The van der Waals surface area contributed by atoms with Crippen molar-refractivity contribution in [3.63, 3.8) is 0 Å². The molecule has 0 spiro atoms. The maximum atomic E-state index is 11.9. The van der Waals surface area contributed by atoms with Crippen LogP contribution in [0, 0.1) is 5.92 Å². The topological polar surface area (TPSA) is 37.4 Å². The minimum atomic E-state index is -0.333. The first-order valence-electron chi connectivity index (χ1n) is 6.82. The zero-order chi connectivity index (χ0) is 13.4. The largest absolute Gasteiger partial charge is 0.368 e. The molecule has 1 aliphatic rings. The Hall–Kier alpha value is -1.90. The lowest BCUT2D eigenvalue weighted by Crippen LogP contribution is -2.45. The Morgan fingerprint density at radius 2 is 1.63 bits per heavy atom. The third kappa shape index (κ3) is 1.99. The molecule has 1 saturated heterocycles. The van der Waals surface area contributed by atoms with E-state index in [0.29, 0.717) is 17.2 Å². The molecule has 0 aliphatic carbocycles. The highest BCUT2D eigenvalue weighted by Crippen LogP contribution is 2.29. The quantitative estimate of drug-likeness (QED) is 0.772. The fraction of sp³-hybridized carbons (Fsp3) is 0.375. The molecule has 3 nitrogen and oxygen atoms in total. The van der Waals surface area contributed by atoms with Gasteiger partial charge < -0.3 is 4.90 Å².